The maximum atomic E-state index is 5.76. The molecule has 0 aliphatic heterocycles. The number of benzene rings is 1. The third kappa shape index (κ3) is 3.33. The molecule has 0 spiro atoms. The predicted octanol–water partition coefficient (Wildman–Crippen LogP) is 3.61. The molecule has 2 heterocycles. The highest BCUT2D eigenvalue weighted by Gasteiger charge is 2.20. The molecule has 0 fully saturated rings. The van der Waals surface area contributed by atoms with Crippen LogP contribution in [0, 0.1) is 6.92 Å². The Morgan fingerprint density at radius 1 is 1.04 bits per heavy atom. The van der Waals surface area contributed by atoms with Crippen LogP contribution < -0.4 is 9.47 Å². The molecule has 6 nitrogen and oxygen atoms in total. The van der Waals surface area contributed by atoms with Crippen molar-refractivity contribution in [1.29, 1.82) is 0 Å². The second-order valence-electron chi connectivity index (χ2n) is 5.58. The van der Waals surface area contributed by atoms with Crippen LogP contribution in [-0.4, -0.2) is 33.5 Å². The molecular weight excluding hydrogens is 316 g/mol. The standard InChI is InChI=1S/C19H22N4O2/c1-5-14-11-20-19(21-12-14)23-13(3)17(18(22-23)25-6-2)15-7-9-16(24-4)10-8-15/h7-12H,5-6H2,1-4H3. The van der Waals surface area contributed by atoms with Gasteiger partial charge in [-0.25, -0.2) is 9.97 Å². The van der Waals surface area contributed by atoms with Crippen LogP contribution in [0.4, 0.5) is 0 Å². The Morgan fingerprint density at radius 3 is 2.28 bits per heavy atom. The van der Waals surface area contributed by atoms with Crippen molar-refractivity contribution in [2.45, 2.75) is 27.2 Å². The Kier molecular flexibility index (Phi) is 4.97. The zero-order chi connectivity index (χ0) is 17.8. The number of hydrogen-bond acceptors (Lipinski definition) is 5. The molecule has 130 valence electrons. The van der Waals surface area contributed by atoms with Gasteiger partial charge in [0.2, 0.25) is 5.88 Å². The first-order valence-electron chi connectivity index (χ1n) is 8.36. The normalized spacial score (nSPS) is 10.7. The number of rotatable bonds is 6. The first kappa shape index (κ1) is 17.0. The molecule has 0 N–H and O–H groups in total. The van der Waals surface area contributed by atoms with Crippen LogP contribution in [0.15, 0.2) is 36.7 Å². The Hall–Kier alpha value is -2.89. The van der Waals surface area contributed by atoms with Crippen LogP contribution in [0.5, 0.6) is 11.6 Å². The molecule has 0 saturated heterocycles. The molecule has 0 bridgehead atoms. The van der Waals surface area contributed by atoms with Crippen molar-refractivity contribution < 1.29 is 9.47 Å². The average molecular weight is 338 g/mol. The molecule has 0 radical (unpaired) electrons. The van der Waals surface area contributed by atoms with Gasteiger partial charge in [-0.15, -0.1) is 5.10 Å². The molecule has 0 atom stereocenters. The van der Waals surface area contributed by atoms with Gasteiger partial charge in [0.25, 0.3) is 5.95 Å². The van der Waals surface area contributed by atoms with Gasteiger partial charge in [0.15, 0.2) is 0 Å². The summed E-state index contributed by atoms with van der Waals surface area (Å²) in [5.41, 5.74) is 3.97. The highest BCUT2D eigenvalue weighted by molar-refractivity contribution is 5.72. The van der Waals surface area contributed by atoms with Crippen LogP contribution in [-0.2, 0) is 6.42 Å². The van der Waals surface area contributed by atoms with E-state index in [9.17, 15) is 0 Å². The first-order chi connectivity index (χ1) is 12.2. The van der Waals surface area contributed by atoms with E-state index in [0.29, 0.717) is 18.4 Å². The molecular formula is C19H22N4O2. The third-order valence-electron chi connectivity index (χ3n) is 4.03. The molecule has 0 saturated carbocycles. The lowest BCUT2D eigenvalue weighted by atomic mass is 10.1. The maximum Gasteiger partial charge on any atom is 0.250 e. The molecule has 2 aromatic heterocycles. The average Bonchev–Trinajstić information content (AvgIpc) is 2.98. The Labute approximate surface area is 147 Å². The Balaban J connectivity index is 2.08. The van der Waals surface area contributed by atoms with E-state index in [-0.39, 0.29) is 0 Å². The second-order valence-corrected chi connectivity index (χ2v) is 5.58. The van der Waals surface area contributed by atoms with Gasteiger partial charge in [0.05, 0.1) is 25.0 Å². The van der Waals surface area contributed by atoms with E-state index in [1.807, 2.05) is 50.5 Å². The molecule has 25 heavy (non-hydrogen) atoms. The molecule has 0 unspecified atom stereocenters. The van der Waals surface area contributed by atoms with E-state index in [4.69, 9.17) is 9.47 Å². The largest absolute Gasteiger partial charge is 0.497 e. The van der Waals surface area contributed by atoms with Crippen LogP contribution in [0.1, 0.15) is 25.1 Å². The summed E-state index contributed by atoms with van der Waals surface area (Å²) in [6.07, 6.45) is 4.56. The van der Waals surface area contributed by atoms with Gasteiger partial charge in [0, 0.05) is 12.4 Å². The van der Waals surface area contributed by atoms with Gasteiger partial charge < -0.3 is 9.47 Å². The summed E-state index contributed by atoms with van der Waals surface area (Å²) >= 11 is 0. The molecule has 0 amide bonds. The lowest BCUT2D eigenvalue weighted by Crippen LogP contribution is -2.05. The predicted molar refractivity (Wildman–Crippen MR) is 96.4 cm³/mol. The molecule has 6 heteroatoms. The lowest BCUT2D eigenvalue weighted by Gasteiger charge is -2.06. The molecule has 0 aliphatic rings. The van der Waals surface area contributed by atoms with E-state index >= 15 is 0 Å². The van der Waals surface area contributed by atoms with Crippen molar-refractivity contribution in [3.05, 3.63) is 47.9 Å². The van der Waals surface area contributed by atoms with Crippen molar-refractivity contribution in [2.75, 3.05) is 13.7 Å². The van der Waals surface area contributed by atoms with Gasteiger partial charge >= 0.3 is 0 Å². The number of methoxy groups -OCH3 is 1. The minimum Gasteiger partial charge on any atom is -0.497 e. The quantitative estimate of drug-likeness (QED) is 0.687. The van der Waals surface area contributed by atoms with E-state index in [2.05, 4.69) is 22.0 Å². The van der Waals surface area contributed by atoms with Crippen LogP contribution in [0.3, 0.4) is 0 Å². The third-order valence-corrected chi connectivity index (χ3v) is 4.03. The molecule has 3 aromatic rings. The van der Waals surface area contributed by atoms with E-state index in [1.54, 1.807) is 11.8 Å². The summed E-state index contributed by atoms with van der Waals surface area (Å²) in [4.78, 5) is 8.86. The summed E-state index contributed by atoms with van der Waals surface area (Å²) in [5, 5.41) is 4.58. The summed E-state index contributed by atoms with van der Waals surface area (Å²) < 4.78 is 12.7. The summed E-state index contributed by atoms with van der Waals surface area (Å²) in [7, 11) is 1.65. The second kappa shape index (κ2) is 7.34. The molecule has 3 rings (SSSR count). The van der Waals surface area contributed by atoms with Gasteiger partial charge in [-0.2, -0.15) is 4.68 Å². The number of nitrogens with zero attached hydrogens (tertiary/aromatic N) is 4. The fourth-order valence-electron chi connectivity index (χ4n) is 2.64. The van der Waals surface area contributed by atoms with Crippen molar-refractivity contribution in [3.8, 4) is 28.7 Å². The summed E-state index contributed by atoms with van der Waals surface area (Å²) in [5.74, 6) is 1.92. The van der Waals surface area contributed by atoms with E-state index in [1.165, 1.54) is 0 Å². The highest BCUT2D eigenvalue weighted by Crippen LogP contribution is 2.34. The summed E-state index contributed by atoms with van der Waals surface area (Å²) in [6.45, 7) is 6.55. The van der Waals surface area contributed by atoms with Gasteiger partial charge in [-0.05, 0) is 43.5 Å². The number of ether oxygens (including phenoxy) is 2. The van der Waals surface area contributed by atoms with Gasteiger partial charge in [-0.1, -0.05) is 19.1 Å². The van der Waals surface area contributed by atoms with Crippen molar-refractivity contribution in [2.24, 2.45) is 0 Å². The Morgan fingerprint density at radius 2 is 1.72 bits per heavy atom. The van der Waals surface area contributed by atoms with Crippen LogP contribution in [0.2, 0.25) is 0 Å². The van der Waals surface area contributed by atoms with Crippen molar-refractivity contribution in [1.82, 2.24) is 19.7 Å². The maximum absolute atomic E-state index is 5.76. The zero-order valence-corrected chi connectivity index (χ0v) is 15.0. The minimum atomic E-state index is 0.537. The van der Waals surface area contributed by atoms with Crippen molar-refractivity contribution >= 4 is 0 Å². The smallest absolute Gasteiger partial charge is 0.250 e. The number of aryl methyl sites for hydroxylation is 1. The minimum absolute atomic E-state index is 0.537. The first-order valence-corrected chi connectivity index (χ1v) is 8.36. The number of hydrogen-bond donors (Lipinski definition) is 0. The highest BCUT2D eigenvalue weighted by atomic mass is 16.5. The SMILES string of the molecule is CCOc1nn(-c2ncc(CC)cn2)c(C)c1-c1ccc(OC)cc1. The van der Waals surface area contributed by atoms with Crippen LogP contribution in [0.25, 0.3) is 17.1 Å². The monoisotopic (exact) mass is 338 g/mol. The topological polar surface area (TPSA) is 62.1 Å². The van der Waals surface area contributed by atoms with Gasteiger partial charge in [0.1, 0.15) is 5.75 Å². The fraction of sp³-hybridized carbons (Fsp3) is 0.316. The number of aromatic nitrogens is 4. The lowest BCUT2D eigenvalue weighted by molar-refractivity contribution is 0.325. The van der Waals surface area contributed by atoms with Crippen molar-refractivity contribution in [3.63, 3.8) is 0 Å². The zero-order valence-electron chi connectivity index (χ0n) is 15.0. The summed E-state index contributed by atoms with van der Waals surface area (Å²) in [6, 6.07) is 7.84. The Bertz CT molecular complexity index is 839. The van der Waals surface area contributed by atoms with E-state index < -0.39 is 0 Å². The molecule has 0 aliphatic carbocycles. The van der Waals surface area contributed by atoms with E-state index in [0.717, 1.165) is 34.6 Å². The van der Waals surface area contributed by atoms with Gasteiger partial charge in [-0.3, -0.25) is 0 Å². The fourth-order valence-corrected chi connectivity index (χ4v) is 2.64. The van der Waals surface area contributed by atoms with Crippen LogP contribution >= 0.6 is 0 Å². The molecule has 1 aromatic carbocycles.